The second-order valence-electron chi connectivity index (χ2n) is 9.53. The molecule has 0 heterocycles. The number of hydrogen-bond donors (Lipinski definition) is 0. The van der Waals surface area contributed by atoms with Crippen LogP contribution in [0, 0.1) is 61.2 Å². The molecule has 2 aromatic rings. The molecule has 0 spiro atoms. The van der Waals surface area contributed by atoms with E-state index >= 15 is 0 Å². The Balaban J connectivity index is 0.000000157. The summed E-state index contributed by atoms with van der Waals surface area (Å²) in [5, 5.41) is 0. The molecule has 0 atom stereocenters. The number of hydrogen-bond acceptors (Lipinski definition) is 2. The van der Waals surface area contributed by atoms with E-state index in [1.807, 2.05) is 24.3 Å². The van der Waals surface area contributed by atoms with E-state index in [9.17, 15) is 0 Å². The maximum atomic E-state index is 5.19. The average Bonchev–Trinajstić information content (AvgIpc) is 3.59. The van der Waals surface area contributed by atoms with Gasteiger partial charge in [0, 0.05) is 11.8 Å². The summed E-state index contributed by atoms with van der Waals surface area (Å²) in [6, 6.07) is 16.7. The molecule has 5 heteroatoms. The molecule has 4 aliphatic rings. The molecular weight excluding hydrogens is 578 g/mol. The summed E-state index contributed by atoms with van der Waals surface area (Å²) in [7, 11) is 13.3. The Morgan fingerprint density at radius 2 is 0.784 bits per heavy atom. The summed E-state index contributed by atoms with van der Waals surface area (Å²) >= 11 is -0.826. The van der Waals surface area contributed by atoms with Gasteiger partial charge in [0.25, 0.3) is 0 Å². The molecule has 0 saturated heterocycles. The number of methoxy groups -OCH3 is 2. The molecular formula is C32H34Cl2O2Zr+2. The SMILES string of the molecule is COc1ccc([C]2[CH][C]3CCCC[C]3[CH]2)cc1.COc1ccc([C]2[CH][C]3CCCC[C]3[CH]2)cc1.[Cl][Zr+2][Cl]. The average molecular weight is 613 g/mol. The Hall–Kier alpha value is -0.497. The van der Waals surface area contributed by atoms with Gasteiger partial charge in [0.15, 0.2) is 0 Å². The number of ether oxygens (including phenoxy) is 2. The molecule has 10 radical (unpaired) electrons. The molecule has 0 unspecified atom stereocenters. The van der Waals surface area contributed by atoms with Gasteiger partial charge in [-0.05, 0) is 110 Å². The van der Waals surface area contributed by atoms with Gasteiger partial charge in [-0.3, -0.25) is 0 Å². The zero-order valence-corrected chi connectivity index (χ0v) is 25.6. The Morgan fingerprint density at radius 3 is 1.03 bits per heavy atom. The van der Waals surface area contributed by atoms with Crippen LogP contribution in [0.25, 0.3) is 0 Å². The molecule has 190 valence electrons. The van der Waals surface area contributed by atoms with Crippen molar-refractivity contribution >= 4 is 17.0 Å². The van der Waals surface area contributed by atoms with Crippen LogP contribution in [-0.2, 0) is 20.8 Å². The fraction of sp³-hybridized carbons (Fsp3) is 0.312. The first-order chi connectivity index (χ1) is 18.1. The zero-order valence-electron chi connectivity index (χ0n) is 21.7. The van der Waals surface area contributed by atoms with Crippen molar-refractivity contribution in [3.05, 3.63) is 121 Å². The fourth-order valence-corrected chi connectivity index (χ4v) is 5.30. The van der Waals surface area contributed by atoms with E-state index in [0.29, 0.717) is 0 Å². The monoisotopic (exact) mass is 610 g/mol. The number of benzene rings is 2. The van der Waals surface area contributed by atoms with Crippen LogP contribution in [0.3, 0.4) is 0 Å². The summed E-state index contributed by atoms with van der Waals surface area (Å²) < 4.78 is 10.4. The Kier molecular flexibility index (Phi) is 12.2. The van der Waals surface area contributed by atoms with Crippen LogP contribution in [0.2, 0.25) is 0 Å². The van der Waals surface area contributed by atoms with E-state index in [1.165, 1.54) is 74.3 Å². The molecule has 0 amide bonds. The van der Waals surface area contributed by atoms with Crippen LogP contribution in [-0.4, -0.2) is 14.2 Å². The predicted octanol–water partition coefficient (Wildman–Crippen LogP) is 8.90. The van der Waals surface area contributed by atoms with Gasteiger partial charge in [-0.15, -0.1) is 0 Å². The molecule has 4 aliphatic carbocycles. The van der Waals surface area contributed by atoms with Gasteiger partial charge in [0.1, 0.15) is 11.5 Å². The number of halogens is 2. The molecule has 6 rings (SSSR count). The van der Waals surface area contributed by atoms with Crippen molar-refractivity contribution in [3.8, 4) is 11.5 Å². The van der Waals surface area contributed by atoms with Gasteiger partial charge in [-0.2, -0.15) is 0 Å². The third kappa shape index (κ3) is 8.25. The first-order valence-electron chi connectivity index (χ1n) is 13.0. The van der Waals surface area contributed by atoms with Crippen molar-refractivity contribution in [2.24, 2.45) is 0 Å². The number of rotatable bonds is 4. The van der Waals surface area contributed by atoms with Gasteiger partial charge in [0.05, 0.1) is 14.2 Å². The van der Waals surface area contributed by atoms with Crippen molar-refractivity contribution in [1.29, 1.82) is 0 Å². The van der Waals surface area contributed by atoms with Gasteiger partial charge in [-0.1, -0.05) is 49.9 Å². The third-order valence-electron chi connectivity index (χ3n) is 7.28. The summed E-state index contributed by atoms with van der Waals surface area (Å²) in [4.78, 5) is 0. The Labute approximate surface area is 243 Å². The van der Waals surface area contributed by atoms with Crippen LogP contribution in [0.5, 0.6) is 11.5 Å². The van der Waals surface area contributed by atoms with Crippen LogP contribution in [0.1, 0.15) is 62.5 Å². The van der Waals surface area contributed by atoms with E-state index in [1.54, 1.807) is 37.9 Å². The molecule has 0 aliphatic heterocycles. The van der Waals surface area contributed by atoms with E-state index in [2.05, 4.69) is 49.9 Å². The van der Waals surface area contributed by atoms with Gasteiger partial charge in [-0.25, -0.2) is 0 Å². The van der Waals surface area contributed by atoms with E-state index in [-0.39, 0.29) is 0 Å². The van der Waals surface area contributed by atoms with E-state index in [0.717, 1.165) is 11.5 Å². The first-order valence-corrected chi connectivity index (χ1v) is 19.3. The maximum absolute atomic E-state index is 5.19. The summed E-state index contributed by atoms with van der Waals surface area (Å²) in [6.45, 7) is 0. The summed E-state index contributed by atoms with van der Waals surface area (Å²) in [5.74, 6) is 10.8. The topological polar surface area (TPSA) is 18.5 Å². The van der Waals surface area contributed by atoms with Crippen LogP contribution in [0.4, 0.5) is 0 Å². The molecule has 0 bridgehead atoms. The standard InChI is InChI=1S/2C16H17O.2ClH.Zr/c2*1-17-16-8-6-12(7-9-16)15-10-13-4-2-3-5-14(13)11-15;;;/h2*6-11H,2-5H2,1H3;2*1H;/q;;;;+4/p-2. The Bertz CT molecular complexity index is 816. The second-order valence-corrected chi connectivity index (χ2v) is 13.3. The first kappa shape index (κ1) is 29.5. The van der Waals surface area contributed by atoms with Gasteiger partial charge >= 0.3 is 37.9 Å². The third-order valence-corrected chi connectivity index (χ3v) is 7.28. The zero-order chi connectivity index (χ0) is 26.0. The van der Waals surface area contributed by atoms with Crippen molar-refractivity contribution in [3.63, 3.8) is 0 Å². The van der Waals surface area contributed by atoms with Crippen molar-refractivity contribution < 1.29 is 30.3 Å². The summed E-state index contributed by atoms with van der Waals surface area (Å²) in [6.07, 6.45) is 19.8. The number of fused-ring (bicyclic) bond motifs is 2. The minimum absolute atomic E-state index is 0.826. The van der Waals surface area contributed by atoms with E-state index in [4.69, 9.17) is 26.5 Å². The quantitative estimate of drug-likeness (QED) is 0.343. The fourth-order valence-electron chi connectivity index (χ4n) is 5.30. The van der Waals surface area contributed by atoms with E-state index < -0.39 is 20.8 Å². The minimum atomic E-state index is -0.826. The van der Waals surface area contributed by atoms with Crippen LogP contribution >= 0.6 is 17.0 Å². The normalized spacial score (nSPS) is 21.1. The molecule has 4 saturated carbocycles. The van der Waals surface area contributed by atoms with Gasteiger partial charge < -0.3 is 9.47 Å². The summed E-state index contributed by atoms with van der Waals surface area (Å²) in [5.41, 5.74) is 2.58. The molecule has 0 aromatic heterocycles. The molecule has 4 fully saturated rings. The van der Waals surface area contributed by atoms with Crippen LogP contribution in [0.15, 0.2) is 48.5 Å². The van der Waals surface area contributed by atoms with Crippen molar-refractivity contribution in [1.82, 2.24) is 0 Å². The van der Waals surface area contributed by atoms with Crippen molar-refractivity contribution in [2.75, 3.05) is 14.2 Å². The molecule has 2 aromatic carbocycles. The molecule has 2 nitrogen and oxygen atoms in total. The molecule has 0 N–H and O–H groups in total. The molecule has 37 heavy (non-hydrogen) atoms. The van der Waals surface area contributed by atoms with Crippen molar-refractivity contribution in [2.45, 2.75) is 51.4 Å². The predicted molar refractivity (Wildman–Crippen MR) is 149 cm³/mol. The van der Waals surface area contributed by atoms with Gasteiger partial charge in [0.2, 0.25) is 0 Å². The Morgan fingerprint density at radius 1 is 0.514 bits per heavy atom. The second kappa shape index (κ2) is 15.3. The van der Waals surface area contributed by atoms with Crippen LogP contribution < -0.4 is 9.47 Å².